The summed E-state index contributed by atoms with van der Waals surface area (Å²) in [7, 11) is 4.47. The number of benzene rings is 1. The van der Waals surface area contributed by atoms with Crippen molar-refractivity contribution in [2.75, 3.05) is 33.1 Å². The predicted octanol–water partition coefficient (Wildman–Crippen LogP) is 3.40. The summed E-state index contributed by atoms with van der Waals surface area (Å²) in [5.41, 5.74) is 3.02. The summed E-state index contributed by atoms with van der Waals surface area (Å²) in [5, 5.41) is 3.03. The lowest BCUT2D eigenvalue weighted by Crippen LogP contribution is -2.24. The van der Waals surface area contributed by atoms with Crippen molar-refractivity contribution in [3.8, 4) is 0 Å². The van der Waals surface area contributed by atoms with Gasteiger partial charge in [-0.05, 0) is 37.6 Å². The zero-order valence-corrected chi connectivity index (χ0v) is 18.1. The molecule has 1 aromatic heterocycles. The number of esters is 2. The number of ether oxygens (including phenoxy) is 2. The van der Waals surface area contributed by atoms with Crippen molar-refractivity contribution in [1.29, 1.82) is 0 Å². The predicted molar refractivity (Wildman–Crippen MR) is 112 cm³/mol. The molecule has 7 nitrogen and oxygen atoms in total. The van der Waals surface area contributed by atoms with Gasteiger partial charge in [0.05, 0.1) is 19.8 Å². The molecular formula is C21H26N2O5S. The smallest absolute Gasteiger partial charge is 0.348 e. The highest BCUT2D eigenvalue weighted by Gasteiger charge is 2.26. The van der Waals surface area contributed by atoms with Crippen LogP contribution in [-0.2, 0) is 20.8 Å². The lowest BCUT2D eigenvalue weighted by atomic mass is 10.1. The lowest BCUT2D eigenvalue weighted by molar-refractivity contribution is -0.116. The minimum atomic E-state index is -0.610. The number of carbonyl (C=O) groups is 3. The number of thiophene rings is 1. The summed E-state index contributed by atoms with van der Waals surface area (Å²) in [6.07, 6.45) is 0.244. The number of aryl methyl sites for hydroxylation is 1. The topological polar surface area (TPSA) is 84.9 Å². The van der Waals surface area contributed by atoms with Crippen molar-refractivity contribution in [2.24, 2.45) is 0 Å². The van der Waals surface area contributed by atoms with Crippen LogP contribution in [0.2, 0.25) is 0 Å². The molecule has 2 aromatic rings. The molecule has 0 bridgehead atoms. The first kappa shape index (κ1) is 22.6. The number of amides is 1. The highest BCUT2D eigenvalue weighted by Crippen LogP contribution is 2.34. The highest BCUT2D eigenvalue weighted by atomic mass is 32.1. The number of anilines is 1. The molecule has 0 aliphatic carbocycles. The number of nitrogens with one attached hydrogen (secondary N) is 1. The molecule has 0 radical (unpaired) electrons. The Bertz CT molecular complexity index is 906. The third kappa shape index (κ3) is 5.65. The number of nitrogens with zero attached hydrogens (tertiary/aromatic N) is 1. The van der Waals surface area contributed by atoms with Gasteiger partial charge in [-0.1, -0.05) is 24.3 Å². The number of carbonyl (C=O) groups excluding carboxylic acids is 3. The highest BCUT2D eigenvalue weighted by molar-refractivity contribution is 7.18. The maximum absolute atomic E-state index is 12.5. The van der Waals surface area contributed by atoms with Crippen molar-refractivity contribution >= 4 is 34.2 Å². The molecule has 0 saturated carbocycles. The molecule has 1 N–H and O–H groups in total. The molecule has 0 aliphatic heterocycles. The molecule has 8 heteroatoms. The normalized spacial score (nSPS) is 10.7. The molecular weight excluding hydrogens is 392 g/mol. The Morgan fingerprint density at radius 2 is 1.72 bits per heavy atom. The van der Waals surface area contributed by atoms with E-state index in [1.54, 1.807) is 6.92 Å². The molecule has 0 fully saturated rings. The second-order valence-electron chi connectivity index (χ2n) is 6.71. The van der Waals surface area contributed by atoms with Crippen molar-refractivity contribution in [3.63, 3.8) is 0 Å². The van der Waals surface area contributed by atoms with Crippen LogP contribution in [0.3, 0.4) is 0 Å². The van der Waals surface area contributed by atoms with Gasteiger partial charge in [0.15, 0.2) is 0 Å². The molecule has 29 heavy (non-hydrogen) atoms. The SMILES string of the molecule is COC(=O)c1sc(NC(=O)CCN(C)Cc2ccccc2C)c(C(=O)OC)c1C. The summed E-state index contributed by atoms with van der Waals surface area (Å²) < 4.78 is 9.55. The van der Waals surface area contributed by atoms with Crippen molar-refractivity contribution in [2.45, 2.75) is 26.8 Å². The average Bonchev–Trinajstić information content (AvgIpc) is 3.02. The van der Waals surface area contributed by atoms with Crippen LogP contribution in [0.25, 0.3) is 0 Å². The Kier molecular flexibility index (Phi) is 7.92. The van der Waals surface area contributed by atoms with E-state index in [2.05, 4.69) is 29.3 Å². The molecule has 0 spiro atoms. The fourth-order valence-electron chi connectivity index (χ4n) is 2.88. The van der Waals surface area contributed by atoms with Crippen LogP contribution >= 0.6 is 11.3 Å². The fraction of sp³-hybridized carbons (Fsp3) is 0.381. The Labute approximate surface area is 174 Å². The van der Waals surface area contributed by atoms with Gasteiger partial charge < -0.3 is 19.7 Å². The second kappa shape index (κ2) is 10.2. The van der Waals surface area contributed by atoms with Gasteiger partial charge in [0.25, 0.3) is 0 Å². The van der Waals surface area contributed by atoms with Crippen LogP contribution in [0.4, 0.5) is 5.00 Å². The van der Waals surface area contributed by atoms with Crippen LogP contribution in [0.1, 0.15) is 43.1 Å². The molecule has 1 aromatic carbocycles. The van der Waals surface area contributed by atoms with E-state index in [4.69, 9.17) is 9.47 Å². The van der Waals surface area contributed by atoms with Gasteiger partial charge in [-0.2, -0.15) is 0 Å². The first-order valence-electron chi connectivity index (χ1n) is 9.11. The molecule has 0 atom stereocenters. The van der Waals surface area contributed by atoms with Gasteiger partial charge >= 0.3 is 11.9 Å². The van der Waals surface area contributed by atoms with Gasteiger partial charge in [-0.15, -0.1) is 11.3 Å². The summed E-state index contributed by atoms with van der Waals surface area (Å²) in [6.45, 7) is 4.96. The Hall–Kier alpha value is -2.71. The number of methoxy groups -OCH3 is 2. The lowest BCUT2D eigenvalue weighted by Gasteiger charge is -2.17. The van der Waals surface area contributed by atoms with E-state index in [0.717, 1.165) is 17.9 Å². The van der Waals surface area contributed by atoms with Gasteiger partial charge in [0.2, 0.25) is 5.91 Å². The Morgan fingerprint density at radius 3 is 2.34 bits per heavy atom. The monoisotopic (exact) mass is 418 g/mol. The molecule has 2 rings (SSSR count). The van der Waals surface area contributed by atoms with E-state index in [1.807, 2.05) is 19.2 Å². The summed E-state index contributed by atoms with van der Waals surface area (Å²) in [5.74, 6) is -1.42. The zero-order valence-electron chi connectivity index (χ0n) is 17.3. The molecule has 0 unspecified atom stereocenters. The van der Waals surface area contributed by atoms with Gasteiger partial charge in [0, 0.05) is 19.5 Å². The minimum absolute atomic E-state index is 0.180. The van der Waals surface area contributed by atoms with Crippen molar-refractivity contribution < 1.29 is 23.9 Å². The van der Waals surface area contributed by atoms with Crippen LogP contribution in [0, 0.1) is 13.8 Å². The summed E-state index contributed by atoms with van der Waals surface area (Å²) in [4.78, 5) is 38.8. The Balaban J connectivity index is 2.05. The molecule has 156 valence electrons. The van der Waals surface area contributed by atoms with Crippen molar-refractivity contribution in [3.05, 3.63) is 51.4 Å². The zero-order chi connectivity index (χ0) is 21.6. The number of rotatable bonds is 8. The third-order valence-corrected chi connectivity index (χ3v) is 5.77. The van der Waals surface area contributed by atoms with E-state index in [0.29, 0.717) is 17.1 Å². The summed E-state index contributed by atoms with van der Waals surface area (Å²) >= 11 is 1.01. The largest absolute Gasteiger partial charge is 0.465 e. The van der Waals surface area contributed by atoms with E-state index >= 15 is 0 Å². The first-order chi connectivity index (χ1) is 13.8. The van der Waals surface area contributed by atoms with E-state index in [-0.39, 0.29) is 22.8 Å². The van der Waals surface area contributed by atoms with E-state index < -0.39 is 11.9 Å². The maximum atomic E-state index is 12.5. The Morgan fingerprint density at radius 1 is 1.07 bits per heavy atom. The van der Waals surface area contributed by atoms with Crippen LogP contribution in [0.15, 0.2) is 24.3 Å². The number of hydrogen-bond donors (Lipinski definition) is 1. The second-order valence-corrected chi connectivity index (χ2v) is 7.73. The minimum Gasteiger partial charge on any atom is -0.465 e. The first-order valence-corrected chi connectivity index (χ1v) is 9.93. The van der Waals surface area contributed by atoms with Gasteiger partial charge in [-0.25, -0.2) is 9.59 Å². The van der Waals surface area contributed by atoms with Crippen LogP contribution < -0.4 is 5.32 Å². The standard InChI is InChI=1S/C21H26N2O5S/c1-13-8-6-7-9-15(13)12-23(3)11-10-16(24)22-19-17(20(25)27-4)14(2)18(29-19)21(26)28-5/h6-9H,10-12H2,1-5H3,(H,22,24). The summed E-state index contributed by atoms with van der Waals surface area (Å²) in [6, 6.07) is 8.12. The molecule has 0 aliphatic rings. The van der Waals surface area contributed by atoms with Crippen LogP contribution in [-0.4, -0.2) is 50.6 Å². The van der Waals surface area contributed by atoms with E-state index in [1.165, 1.54) is 25.3 Å². The average molecular weight is 419 g/mol. The van der Waals surface area contributed by atoms with Crippen LogP contribution in [0.5, 0.6) is 0 Å². The fourth-order valence-corrected chi connectivity index (χ4v) is 4.00. The quantitative estimate of drug-likeness (QED) is 0.662. The third-order valence-electron chi connectivity index (χ3n) is 4.58. The number of hydrogen-bond acceptors (Lipinski definition) is 7. The molecule has 1 heterocycles. The van der Waals surface area contributed by atoms with Crippen molar-refractivity contribution in [1.82, 2.24) is 4.90 Å². The van der Waals surface area contributed by atoms with E-state index in [9.17, 15) is 14.4 Å². The molecule has 0 saturated heterocycles. The van der Waals surface area contributed by atoms with Gasteiger partial charge in [0.1, 0.15) is 9.88 Å². The maximum Gasteiger partial charge on any atom is 0.348 e. The molecule has 1 amide bonds. The van der Waals surface area contributed by atoms with Gasteiger partial charge in [-0.3, -0.25) is 4.79 Å².